The molecular formula is C34H41F. The maximum Gasteiger partial charge on any atom is 0.126 e. The molecule has 1 aliphatic rings. The quantitative estimate of drug-likeness (QED) is 0.260. The van der Waals surface area contributed by atoms with Crippen molar-refractivity contribution in [3.05, 3.63) is 119 Å². The minimum atomic E-state index is -0.0303. The second kappa shape index (κ2) is 12.9. The Hall–Kier alpha value is -2.67. The van der Waals surface area contributed by atoms with Crippen molar-refractivity contribution >= 4 is 0 Å². The van der Waals surface area contributed by atoms with Gasteiger partial charge in [0.25, 0.3) is 0 Å². The molecule has 1 saturated carbocycles. The molecule has 35 heavy (non-hydrogen) atoms. The first kappa shape index (κ1) is 25.4. The Bertz CT molecular complexity index is 1060. The van der Waals surface area contributed by atoms with Gasteiger partial charge in [0.05, 0.1) is 0 Å². The van der Waals surface area contributed by atoms with Crippen LogP contribution >= 0.6 is 0 Å². The fraction of sp³-hybridized carbons (Fsp3) is 0.412. The van der Waals surface area contributed by atoms with Crippen molar-refractivity contribution in [2.24, 2.45) is 5.92 Å². The van der Waals surface area contributed by atoms with E-state index in [0.717, 1.165) is 42.7 Å². The Morgan fingerprint density at radius 2 is 1.57 bits per heavy atom. The number of allylic oxidation sites excluding steroid dienone is 2. The number of hydrogen-bond donors (Lipinski definition) is 0. The van der Waals surface area contributed by atoms with E-state index in [4.69, 9.17) is 0 Å². The molecule has 0 amide bonds. The fourth-order valence-corrected chi connectivity index (χ4v) is 5.69. The predicted octanol–water partition coefficient (Wildman–Crippen LogP) is 9.59. The normalized spacial score (nSPS) is 19.2. The van der Waals surface area contributed by atoms with Gasteiger partial charge in [0.2, 0.25) is 0 Å². The first-order chi connectivity index (χ1) is 17.1. The molecule has 3 aromatic carbocycles. The van der Waals surface area contributed by atoms with E-state index < -0.39 is 0 Å². The standard InChI is InChI=1S/C34H41F/c1-3-4-6-11-33-23-18-29(25-34(33)35)13-12-27-14-19-31(20-15-27)32-21-16-28(17-22-32)24-26(2)30-9-7-5-8-10-30/h3-5,7-10,16-18,21-23,25-27,31H,6,11-15,19-20,24H2,1-2H3/t26-,27?,31?/m1/s1. The summed E-state index contributed by atoms with van der Waals surface area (Å²) in [7, 11) is 0. The van der Waals surface area contributed by atoms with Gasteiger partial charge in [0.1, 0.15) is 5.82 Å². The van der Waals surface area contributed by atoms with Crippen LogP contribution in [0.4, 0.5) is 4.39 Å². The Labute approximate surface area is 212 Å². The lowest BCUT2D eigenvalue weighted by Gasteiger charge is -2.29. The molecule has 1 fully saturated rings. The smallest absolute Gasteiger partial charge is 0.126 e. The van der Waals surface area contributed by atoms with Gasteiger partial charge in [-0.05, 0) is 116 Å². The topological polar surface area (TPSA) is 0 Å². The number of hydrogen-bond acceptors (Lipinski definition) is 0. The largest absolute Gasteiger partial charge is 0.207 e. The summed E-state index contributed by atoms with van der Waals surface area (Å²) in [6.45, 7) is 4.33. The molecule has 0 bridgehead atoms. The zero-order valence-electron chi connectivity index (χ0n) is 21.6. The predicted molar refractivity (Wildman–Crippen MR) is 148 cm³/mol. The summed E-state index contributed by atoms with van der Waals surface area (Å²) in [6, 6.07) is 26.2. The van der Waals surface area contributed by atoms with Gasteiger partial charge in [0.15, 0.2) is 0 Å². The molecule has 184 valence electrons. The van der Waals surface area contributed by atoms with E-state index in [-0.39, 0.29) is 5.82 Å². The summed E-state index contributed by atoms with van der Waals surface area (Å²) in [5.41, 5.74) is 6.35. The van der Waals surface area contributed by atoms with Gasteiger partial charge < -0.3 is 0 Å². The summed E-state index contributed by atoms with van der Waals surface area (Å²) in [5, 5.41) is 0. The molecule has 0 saturated heterocycles. The van der Waals surface area contributed by atoms with Gasteiger partial charge in [-0.3, -0.25) is 0 Å². The van der Waals surface area contributed by atoms with Gasteiger partial charge in [-0.25, -0.2) is 4.39 Å². The summed E-state index contributed by atoms with van der Waals surface area (Å²) in [6.07, 6.45) is 14.2. The van der Waals surface area contributed by atoms with E-state index in [9.17, 15) is 4.39 Å². The zero-order valence-corrected chi connectivity index (χ0v) is 21.6. The highest BCUT2D eigenvalue weighted by molar-refractivity contribution is 5.29. The van der Waals surface area contributed by atoms with Crippen molar-refractivity contribution in [3.63, 3.8) is 0 Å². The molecule has 1 heteroatoms. The van der Waals surface area contributed by atoms with Crippen LogP contribution in [0.2, 0.25) is 0 Å². The second-order valence-corrected chi connectivity index (χ2v) is 10.5. The third-order valence-electron chi connectivity index (χ3n) is 7.98. The van der Waals surface area contributed by atoms with Crippen molar-refractivity contribution in [1.82, 2.24) is 0 Å². The minimum absolute atomic E-state index is 0.0303. The van der Waals surface area contributed by atoms with E-state index in [1.54, 1.807) is 6.07 Å². The summed E-state index contributed by atoms with van der Waals surface area (Å²) in [4.78, 5) is 0. The number of benzene rings is 3. The average molecular weight is 469 g/mol. The SMILES string of the molecule is CC=CCCc1ccc(CCC2CCC(c3ccc(C[C@@H](C)c4ccccc4)cc3)CC2)cc1F. The van der Waals surface area contributed by atoms with Crippen LogP contribution < -0.4 is 0 Å². The van der Waals surface area contributed by atoms with E-state index >= 15 is 0 Å². The van der Waals surface area contributed by atoms with E-state index in [1.807, 2.05) is 19.1 Å². The molecule has 0 aromatic heterocycles. The van der Waals surface area contributed by atoms with Crippen LogP contribution in [0.15, 0.2) is 84.9 Å². The minimum Gasteiger partial charge on any atom is -0.207 e. The second-order valence-electron chi connectivity index (χ2n) is 10.5. The van der Waals surface area contributed by atoms with Gasteiger partial charge >= 0.3 is 0 Å². The first-order valence-electron chi connectivity index (χ1n) is 13.6. The summed E-state index contributed by atoms with van der Waals surface area (Å²) in [5.74, 6) is 1.98. The summed E-state index contributed by atoms with van der Waals surface area (Å²) >= 11 is 0. The third-order valence-corrected chi connectivity index (χ3v) is 7.98. The number of rotatable bonds is 10. The molecule has 1 aliphatic carbocycles. The lowest BCUT2D eigenvalue weighted by atomic mass is 9.76. The summed E-state index contributed by atoms with van der Waals surface area (Å²) < 4.78 is 14.4. The third kappa shape index (κ3) is 7.40. The molecule has 0 unspecified atom stereocenters. The van der Waals surface area contributed by atoms with Crippen molar-refractivity contribution in [2.75, 3.05) is 0 Å². The fourth-order valence-electron chi connectivity index (χ4n) is 5.69. The van der Waals surface area contributed by atoms with Gasteiger partial charge in [0, 0.05) is 0 Å². The Morgan fingerprint density at radius 3 is 2.26 bits per heavy atom. The molecule has 0 nitrogen and oxygen atoms in total. The lowest BCUT2D eigenvalue weighted by molar-refractivity contribution is 0.310. The van der Waals surface area contributed by atoms with Gasteiger partial charge in [-0.2, -0.15) is 0 Å². The highest BCUT2D eigenvalue weighted by Gasteiger charge is 2.22. The average Bonchev–Trinajstić information content (AvgIpc) is 2.90. The molecular weight excluding hydrogens is 427 g/mol. The molecule has 0 spiro atoms. The molecule has 0 N–H and O–H groups in total. The molecule has 0 aliphatic heterocycles. The molecule has 0 radical (unpaired) electrons. The van der Waals surface area contributed by atoms with Crippen LogP contribution in [0.1, 0.15) is 92.0 Å². The van der Waals surface area contributed by atoms with Crippen LogP contribution in [0, 0.1) is 11.7 Å². The monoisotopic (exact) mass is 468 g/mol. The molecule has 3 aromatic rings. The van der Waals surface area contributed by atoms with E-state index in [0.29, 0.717) is 11.8 Å². The van der Waals surface area contributed by atoms with E-state index in [1.165, 1.54) is 48.8 Å². The number of halogens is 1. The van der Waals surface area contributed by atoms with Crippen LogP contribution in [-0.4, -0.2) is 0 Å². The van der Waals surface area contributed by atoms with Crippen molar-refractivity contribution in [3.8, 4) is 0 Å². The van der Waals surface area contributed by atoms with Crippen LogP contribution in [0.5, 0.6) is 0 Å². The molecule has 4 rings (SSSR count). The highest BCUT2D eigenvalue weighted by Crippen LogP contribution is 2.38. The lowest BCUT2D eigenvalue weighted by Crippen LogP contribution is -2.14. The zero-order chi connectivity index (χ0) is 24.5. The Balaban J connectivity index is 1.22. The van der Waals surface area contributed by atoms with Gasteiger partial charge in [-0.1, -0.05) is 85.8 Å². The van der Waals surface area contributed by atoms with Crippen LogP contribution in [0.25, 0.3) is 0 Å². The van der Waals surface area contributed by atoms with Gasteiger partial charge in [-0.15, -0.1) is 0 Å². The maximum atomic E-state index is 14.4. The van der Waals surface area contributed by atoms with Crippen LogP contribution in [0.3, 0.4) is 0 Å². The maximum absolute atomic E-state index is 14.4. The van der Waals surface area contributed by atoms with Crippen LogP contribution in [-0.2, 0) is 19.3 Å². The first-order valence-corrected chi connectivity index (χ1v) is 13.6. The Morgan fingerprint density at radius 1 is 0.857 bits per heavy atom. The van der Waals surface area contributed by atoms with Crippen molar-refractivity contribution < 1.29 is 4.39 Å². The molecule has 0 heterocycles. The number of aryl methyl sites for hydroxylation is 2. The Kier molecular flexibility index (Phi) is 9.35. The van der Waals surface area contributed by atoms with Crippen molar-refractivity contribution in [1.29, 1.82) is 0 Å². The highest BCUT2D eigenvalue weighted by atomic mass is 19.1. The molecule has 1 atom stereocenters. The van der Waals surface area contributed by atoms with Crippen molar-refractivity contribution in [2.45, 2.75) is 83.5 Å². The van der Waals surface area contributed by atoms with E-state index in [2.05, 4.69) is 73.7 Å².